The summed E-state index contributed by atoms with van der Waals surface area (Å²) >= 11 is 0. The molecule has 0 saturated carbocycles. The number of aromatic nitrogens is 2. The van der Waals surface area contributed by atoms with E-state index < -0.39 is 5.97 Å². The van der Waals surface area contributed by atoms with E-state index in [1.165, 1.54) is 0 Å². The summed E-state index contributed by atoms with van der Waals surface area (Å²) in [5, 5.41) is 17.9. The molecule has 0 amide bonds. The van der Waals surface area contributed by atoms with Crippen molar-refractivity contribution in [2.24, 2.45) is 0 Å². The zero-order valence-corrected chi connectivity index (χ0v) is 24.8. The minimum Gasteiger partial charge on any atom is -0.462 e. The molecule has 228 valence electrons. The third kappa shape index (κ3) is 5.88. The highest BCUT2D eigenvalue weighted by Crippen LogP contribution is 2.31. The second-order valence-corrected chi connectivity index (χ2v) is 10.5. The first-order valence-corrected chi connectivity index (χ1v) is 14.5. The van der Waals surface area contributed by atoms with Crippen molar-refractivity contribution in [2.75, 3.05) is 44.5 Å². The average molecular weight is 591 g/mol. The van der Waals surface area contributed by atoms with Gasteiger partial charge in [0.25, 0.3) is 11.1 Å². The molecule has 0 radical (unpaired) electrons. The fourth-order valence-electron chi connectivity index (χ4n) is 5.84. The first kappa shape index (κ1) is 30.3. The van der Waals surface area contributed by atoms with Gasteiger partial charge in [-0.25, -0.2) is 4.79 Å². The molecule has 3 N–H and O–H groups in total. The van der Waals surface area contributed by atoms with E-state index in [4.69, 9.17) is 14.2 Å². The maximum atomic E-state index is 12.8. The number of pyridine rings is 2. The Labute approximate surface area is 249 Å². The predicted molar refractivity (Wildman–Crippen MR) is 166 cm³/mol. The van der Waals surface area contributed by atoms with Crippen molar-refractivity contribution in [3.63, 3.8) is 0 Å². The molecule has 2 aromatic carbocycles. The highest BCUT2D eigenvalue weighted by molar-refractivity contribution is 5.99. The van der Waals surface area contributed by atoms with Crippen molar-refractivity contribution in [1.29, 1.82) is 0 Å². The Morgan fingerprint density at radius 2 is 1.37 bits per heavy atom. The highest BCUT2D eigenvalue weighted by Gasteiger charge is 2.21. The van der Waals surface area contributed by atoms with Gasteiger partial charge in [0.15, 0.2) is 0 Å². The van der Waals surface area contributed by atoms with Crippen molar-refractivity contribution in [3.05, 3.63) is 79.4 Å². The average Bonchev–Trinajstić information content (AvgIpc) is 3.05. The Morgan fingerprint density at radius 1 is 0.837 bits per heavy atom. The molecule has 2 aliphatic rings. The Kier molecular flexibility index (Phi) is 9.44. The topological polar surface area (TPSA) is 133 Å². The number of hydrogen-bond donors (Lipinski definition) is 3. The standard InChI is InChI=1S/C17H20N2O4.C15H18N2O3/c1-3-23-17(21)11-6-7-12-14(9-11)19(10-22-2)16(20)13-5-4-8-18-15(12)13;1-20-9-17-13-7-10(8-18)4-5-11(13)14-12(15(17)19)3-2-6-16-14/h6-7,9,18H,3-5,8,10H2,1-2H3;4-5,7,16,18H,2-3,6,8-9H2,1H3. The normalized spacial score (nSPS) is 13.8. The van der Waals surface area contributed by atoms with Crippen LogP contribution in [0.2, 0.25) is 0 Å². The molecule has 6 rings (SSSR count). The van der Waals surface area contributed by atoms with Gasteiger partial charge < -0.3 is 30.0 Å². The molecule has 4 aromatic rings. The lowest BCUT2D eigenvalue weighted by molar-refractivity contribution is 0.0526. The maximum absolute atomic E-state index is 12.8. The Balaban J connectivity index is 0.000000173. The molecular formula is C32H38N4O7. The van der Waals surface area contributed by atoms with Crippen LogP contribution in [0.4, 0.5) is 11.4 Å². The number of carbonyl (C=O) groups excluding carboxylic acids is 1. The van der Waals surface area contributed by atoms with Gasteiger partial charge in [-0.15, -0.1) is 0 Å². The molecule has 0 fully saturated rings. The summed E-state index contributed by atoms with van der Waals surface area (Å²) in [6.45, 7) is 4.13. The van der Waals surface area contributed by atoms with E-state index >= 15 is 0 Å². The Bertz CT molecular complexity index is 1780. The number of anilines is 2. The quantitative estimate of drug-likeness (QED) is 0.276. The van der Waals surface area contributed by atoms with Gasteiger partial charge in [-0.1, -0.05) is 12.1 Å². The van der Waals surface area contributed by atoms with Gasteiger partial charge in [-0.2, -0.15) is 0 Å². The zero-order valence-electron chi connectivity index (χ0n) is 24.8. The summed E-state index contributed by atoms with van der Waals surface area (Å²) in [4.78, 5) is 37.3. The lowest BCUT2D eigenvalue weighted by Gasteiger charge is -2.22. The lowest BCUT2D eigenvalue weighted by atomic mass is 10.00. The number of carbonyl (C=O) groups is 1. The molecule has 0 saturated heterocycles. The summed E-state index contributed by atoms with van der Waals surface area (Å²) in [7, 11) is 3.12. The zero-order chi connectivity index (χ0) is 30.5. The molecule has 11 heteroatoms. The first-order valence-electron chi connectivity index (χ1n) is 14.5. The number of rotatable bonds is 7. The number of fused-ring (bicyclic) bond motifs is 6. The fourth-order valence-corrected chi connectivity index (χ4v) is 5.84. The molecule has 0 atom stereocenters. The molecule has 2 aliphatic heterocycles. The largest absolute Gasteiger partial charge is 0.462 e. The van der Waals surface area contributed by atoms with Crippen LogP contribution >= 0.6 is 0 Å². The second-order valence-electron chi connectivity index (χ2n) is 10.5. The SMILES string of the molecule is CCOC(=O)c1ccc2c3c(c(=O)n(COC)c2c1)CCCN3.COCn1c(=O)c2c(c3ccc(CO)cc31)NCCC2. The van der Waals surface area contributed by atoms with Gasteiger partial charge in [-0.05, 0) is 62.4 Å². The van der Waals surface area contributed by atoms with Crippen LogP contribution < -0.4 is 21.8 Å². The number of hydrogen-bond acceptors (Lipinski definition) is 9. The molecule has 4 heterocycles. The van der Waals surface area contributed by atoms with Gasteiger partial charge in [0.2, 0.25) is 0 Å². The number of aliphatic hydroxyl groups is 1. The minimum absolute atomic E-state index is 0.00311. The van der Waals surface area contributed by atoms with E-state index in [9.17, 15) is 19.5 Å². The molecule has 0 bridgehead atoms. The van der Waals surface area contributed by atoms with Gasteiger partial charge in [-0.3, -0.25) is 18.7 Å². The molecule has 43 heavy (non-hydrogen) atoms. The van der Waals surface area contributed by atoms with Crippen LogP contribution in [0.25, 0.3) is 21.8 Å². The third-order valence-corrected chi connectivity index (χ3v) is 7.81. The van der Waals surface area contributed by atoms with Crippen LogP contribution in [-0.2, 0) is 47.1 Å². The van der Waals surface area contributed by atoms with Gasteiger partial charge in [0.1, 0.15) is 13.5 Å². The van der Waals surface area contributed by atoms with E-state index in [1.807, 2.05) is 24.3 Å². The number of benzene rings is 2. The number of nitrogens with one attached hydrogen (secondary N) is 2. The monoisotopic (exact) mass is 590 g/mol. The number of methoxy groups -OCH3 is 2. The number of nitrogens with zero attached hydrogens (tertiary/aromatic N) is 2. The highest BCUT2D eigenvalue weighted by atomic mass is 16.5. The van der Waals surface area contributed by atoms with E-state index in [2.05, 4.69) is 10.6 Å². The lowest BCUT2D eigenvalue weighted by Crippen LogP contribution is -2.29. The van der Waals surface area contributed by atoms with Gasteiger partial charge in [0.05, 0.1) is 41.2 Å². The van der Waals surface area contributed by atoms with Crippen LogP contribution in [0.15, 0.2) is 46.0 Å². The van der Waals surface area contributed by atoms with E-state index in [0.717, 1.165) is 83.1 Å². The smallest absolute Gasteiger partial charge is 0.338 e. The first-order chi connectivity index (χ1) is 20.9. The fraction of sp³-hybridized carbons (Fsp3) is 0.406. The Hall–Kier alpha value is -4.19. The molecule has 0 unspecified atom stereocenters. The molecular weight excluding hydrogens is 552 g/mol. The molecule has 2 aromatic heterocycles. The van der Waals surface area contributed by atoms with Crippen molar-refractivity contribution < 1.29 is 24.1 Å². The van der Waals surface area contributed by atoms with Gasteiger partial charge >= 0.3 is 5.97 Å². The van der Waals surface area contributed by atoms with Crippen LogP contribution in [0, 0.1) is 0 Å². The predicted octanol–water partition coefficient (Wildman–Crippen LogP) is 3.60. The van der Waals surface area contributed by atoms with Crippen molar-refractivity contribution in [2.45, 2.75) is 52.7 Å². The minimum atomic E-state index is -0.392. The maximum Gasteiger partial charge on any atom is 0.338 e. The third-order valence-electron chi connectivity index (χ3n) is 7.81. The van der Waals surface area contributed by atoms with Crippen molar-refractivity contribution >= 4 is 39.1 Å². The van der Waals surface area contributed by atoms with Crippen LogP contribution in [-0.4, -0.2) is 54.1 Å². The summed E-state index contributed by atoms with van der Waals surface area (Å²) in [5.74, 6) is -0.392. The molecule has 11 nitrogen and oxygen atoms in total. The molecule has 0 aliphatic carbocycles. The number of esters is 1. The summed E-state index contributed by atoms with van der Waals surface area (Å²) < 4.78 is 18.6. The van der Waals surface area contributed by atoms with Crippen LogP contribution in [0.3, 0.4) is 0 Å². The second kappa shape index (κ2) is 13.4. The van der Waals surface area contributed by atoms with E-state index in [0.29, 0.717) is 17.7 Å². The van der Waals surface area contributed by atoms with Crippen molar-refractivity contribution in [1.82, 2.24) is 9.13 Å². The summed E-state index contributed by atoms with van der Waals surface area (Å²) in [6, 6.07) is 11.0. The van der Waals surface area contributed by atoms with Crippen LogP contribution in [0.5, 0.6) is 0 Å². The Morgan fingerprint density at radius 3 is 1.88 bits per heavy atom. The summed E-state index contributed by atoms with van der Waals surface area (Å²) in [5.41, 5.74) is 6.05. The molecule has 0 spiro atoms. The van der Waals surface area contributed by atoms with E-state index in [-0.39, 0.29) is 31.2 Å². The summed E-state index contributed by atoms with van der Waals surface area (Å²) in [6.07, 6.45) is 3.44. The van der Waals surface area contributed by atoms with Crippen LogP contribution in [0.1, 0.15) is 46.8 Å². The van der Waals surface area contributed by atoms with E-state index in [1.54, 1.807) is 42.4 Å². The number of aliphatic hydroxyl groups excluding tert-OH is 1. The van der Waals surface area contributed by atoms with Crippen molar-refractivity contribution in [3.8, 4) is 0 Å². The van der Waals surface area contributed by atoms with Gasteiger partial charge in [0, 0.05) is 49.2 Å². The number of ether oxygens (including phenoxy) is 3.